The third-order valence-electron chi connectivity index (χ3n) is 5.24. The Hall–Kier alpha value is -2.49. The van der Waals surface area contributed by atoms with Gasteiger partial charge in [0.05, 0.1) is 6.04 Å². The molecule has 2 rings (SSSR count). The van der Waals surface area contributed by atoms with Gasteiger partial charge >= 0.3 is 0 Å². The van der Waals surface area contributed by atoms with Crippen LogP contribution in [0.2, 0.25) is 0 Å². The van der Waals surface area contributed by atoms with Crippen molar-refractivity contribution in [3.63, 3.8) is 0 Å². The van der Waals surface area contributed by atoms with Crippen molar-refractivity contribution in [2.45, 2.75) is 65.5 Å². The largest absolute Gasteiger partial charge is 0.389 e. The molecule has 0 radical (unpaired) electrons. The molecule has 0 spiro atoms. The summed E-state index contributed by atoms with van der Waals surface area (Å²) < 4.78 is 0. The first kappa shape index (κ1) is 25.5. The van der Waals surface area contributed by atoms with E-state index in [1.54, 1.807) is 0 Å². The van der Waals surface area contributed by atoms with Crippen LogP contribution in [0.25, 0.3) is 0 Å². The van der Waals surface area contributed by atoms with Crippen LogP contribution < -0.4 is 16.0 Å². The van der Waals surface area contributed by atoms with Crippen LogP contribution in [0.15, 0.2) is 67.5 Å². The average molecular weight is 412 g/mol. The lowest BCUT2D eigenvalue weighted by Gasteiger charge is -2.25. The zero-order chi connectivity index (χ0) is 22.5. The van der Waals surface area contributed by atoms with Gasteiger partial charge in [-0.05, 0) is 43.6 Å². The molecule has 1 aromatic rings. The molecular weight excluding hydrogens is 370 g/mol. The quantitative estimate of drug-likeness (QED) is 0.477. The van der Waals surface area contributed by atoms with Crippen LogP contribution in [0.1, 0.15) is 52.5 Å². The van der Waals surface area contributed by atoms with Gasteiger partial charge in [0, 0.05) is 30.4 Å². The second-order valence-corrected chi connectivity index (χ2v) is 8.57. The van der Waals surface area contributed by atoms with Gasteiger partial charge in [0.25, 0.3) is 0 Å². The minimum atomic E-state index is -0.0549. The average Bonchev–Trinajstić information content (AvgIpc) is 3.09. The summed E-state index contributed by atoms with van der Waals surface area (Å²) in [4.78, 5) is 12.3. The van der Waals surface area contributed by atoms with Crippen LogP contribution in [0, 0.1) is 11.8 Å². The number of rotatable bonds is 10. The van der Waals surface area contributed by atoms with Crippen molar-refractivity contribution in [1.82, 2.24) is 16.0 Å². The van der Waals surface area contributed by atoms with Crippen LogP contribution >= 0.6 is 0 Å². The second-order valence-electron chi connectivity index (χ2n) is 8.57. The van der Waals surface area contributed by atoms with E-state index in [4.69, 9.17) is 0 Å². The number of carbonyl (C=O) groups is 1. The fourth-order valence-corrected chi connectivity index (χ4v) is 3.18. The maximum Gasteiger partial charge on any atom is 0.220 e. The highest BCUT2D eigenvalue weighted by molar-refractivity contribution is 5.76. The van der Waals surface area contributed by atoms with Crippen molar-refractivity contribution < 1.29 is 4.79 Å². The highest BCUT2D eigenvalue weighted by Crippen LogP contribution is 2.14. The molecule has 3 N–H and O–H groups in total. The van der Waals surface area contributed by atoms with Crippen molar-refractivity contribution in [3.8, 4) is 0 Å². The van der Waals surface area contributed by atoms with E-state index in [-0.39, 0.29) is 18.0 Å². The van der Waals surface area contributed by atoms with Crippen LogP contribution in [0.3, 0.4) is 0 Å². The number of aryl methyl sites for hydroxylation is 1. The molecule has 4 nitrogen and oxygen atoms in total. The Kier molecular flexibility index (Phi) is 11.7. The summed E-state index contributed by atoms with van der Waals surface area (Å²) in [6, 6.07) is 10.2. The summed E-state index contributed by atoms with van der Waals surface area (Å²) in [7, 11) is 0. The summed E-state index contributed by atoms with van der Waals surface area (Å²) in [6.45, 7) is 21.3. The fraction of sp³-hybridized carbons (Fsp3) is 0.500. The van der Waals surface area contributed by atoms with Crippen LogP contribution in [0.4, 0.5) is 0 Å². The Bertz CT molecular complexity index is 681. The van der Waals surface area contributed by atoms with E-state index in [9.17, 15) is 4.79 Å². The highest BCUT2D eigenvalue weighted by atomic mass is 16.1. The number of hydrogen-bond acceptors (Lipinski definition) is 3. The first-order valence-corrected chi connectivity index (χ1v) is 11.1. The Balaban J connectivity index is 0.000000539. The fourth-order valence-electron chi connectivity index (χ4n) is 3.18. The summed E-state index contributed by atoms with van der Waals surface area (Å²) in [5.41, 5.74) is 3.24. The maximum absolute atomic E-state index is 12.3. The van der Waals surface area contributed by atoms with Crippen LogP contribution in [0.5, 0.6) is 0 Å². The molecule has 30 heavy (non-hydrogen) atoms. The van der Waals surface area contributed by atoms with E-state index >= 15 is 0 Å². The number of benzene rings is 1. The molecule has 1 heterocycles. The molecule has 0 bridgehead atoms. The second kappa shape index (κ2) is 13.7. The van der Waals surface area contributed by atoms with E-state index in [2.05, 4.69) is 56.5 Å². The molecule has 2 unspecified atom stereocenters. The lowest BCUT2D eigenvalue weighted by atomic mass is 10.0. The molecule has 166 valence electrons. The van der Waals surface area contributed by atoms with Gasteiger partial charge in [-0.1, -0.05) is 70.3 Å². The Morgan fingerprint density at radius 3 is 2.37 bits per heavy atom. The first-order valence-electron chi connectivity index (χ1n) is 11.1. The van der Waals surface area contributed by atoms with Gasteiger partial charge in [-0.25, -0.2) is 0 Å². The third kappa shape index (κ3) is 10.3. The Morgan fingerprint density at radius 2 is 1.90 bits per heavy atom. The Morgan fingerprint density at radius 1 is 1.23 bits per heavy atom. The number of hydrogen-bond donors (Lipinski definition) is 3. The van der Waals surface area contributed by atoms with Gasteiger partial charge in [-0.2, -0.15) is 0 Å². The van der Waals surface area contributed by atoms with Gasteiger partial charge in [-0.3, -0.25) is 4.79 Å². The van der Waals surface area contributed by atoms with Crippen molar-refractivity contribution >= 4 is 5.91 Å². The molecule has 1 amide bonds. The van der Waals surface area contributed by atoms with Gasteiger partial charge in [0.2, 0.25) is 5.91 Å². The molecule has 1 fully saturated rings. The molecular formula is C26H41N3O. The maximum atomic E-state index is 12.3. The van der Waals surface area contributed by atoms with E-state index in [1.165, 1.54) is 17.7 Å². The van der Waals surface area contributed by atoms with Crippen molar-refractivity contribution in [1.29, 1.82) is 0 Å². The molecule has 0 saturated carbocycles. The molecule has 1 aromatic carbocycles. The minimum Gasteiger partial charge on any atom is -0.389 e. The van der Waals surface area contributed by atoms with E-state index in [0.29, 0.717) is 18.3 Å². The van der Waals surface area contributed by atoms with Gasteiger partial charge in [0.15, 0.2) is 0 Å². The van der Waals surface area contributed by atoms with E-state index < -0.39 is 0 Å². The van der Waals surface area contributed by atoms with Crippen molar-refractivity contribution in [2.75, 3.05) is 6.54 Å². The number of amides is 1. The highest BCUT2D eigenvalue weighted by Gasteiger charge is 2.18. The third-order valence-corrected chi connectivity index (χ3v) is 5.24. The van der Waals surface area contributed by atoms with Crippen molar-refractivity contribution in [2.24, 2.45) is 11.8 Å². The van der Waals surface area contributed by atoms with Gasteiger partial charge < -0.3 is 16.0 Å². The summed E-state index contributed by atoms with van der Waals surface area (Å²) in [5.74, 6) is 1.25. The van der Waals surface area contributed by atoms with Gasteiger partial charge in [0.1, 0.15) is 0 Å². The zero-order valence-electron chi connectivity index (χ0n) is 19.3. The summed E-state index contributed by atoms with van der Waals surface area (Å²) in [5, 5.41) is 9.57. The molecule has 0 aromatic heterocycles. The minimum absolute atomic E-state index is 0.0549. The predicted octanol–water partition coefficient (Wildman–Crippen LogP) is 4.96. The lowest BCUT2D eigenvalue weighted by molar-refractivity contribution is -0.121. The topological polar surface area (TPSA) is 53.2 Å². The smallest absolute Gasteiger partial charge is 0.220 e. The zero-order valence-corrected chi connectivity index (χ0v) is 19.3. The Labute approximate surface area is 183 Å². The van der Waals surface area contributed by atoms with E-state index in [0.717, 1.165) is 25.1 Å². The number of allylic oxidation sites excluding steroid dienone is 1. The molecule has 1 aliphatic rings. The number of nitrogens with one attached hydrogen (secondary N) is 3. The van der Waals surface area contributed by atoms with E-state index in [1.807, 2.05) is 43.3 Å². The summed E-state index contributed by atoms with van der Waals surface area (Å²) in [6.07, 6.45) is 5.20. The number of carbonyl (C=O) groups excluding carboxylic acids is 1. The summed E-state index contributed by atoms with van der Waals surface area (Å²) >= 11 is 0. The standard InChI is InChI=1S/C20H30N2O.C6H11N/c1-6-16(4)21-17(5)19(14-15(2)3)22-20(23)13-12-18-10-8-7-9-11-18;1-5-3-4-7-6(5)2/h6-11,15-16,19,21H,1,5,12-14H2,2-4H3,(H,22,23);5,7H,2-4H2,1H3/t16?,19-;/m0./s1. The van der Waals surface area contributed by atoms with Gasteiger partial charge in [-0.15, -0.1) is 6.58 Å². The molecule has 1 saturated heterocycles. The van der Waals surface area contributed by atoms with Crippen molar-refractivity contribution in [3.05, 3.63) is 73.1 Å². The normalized spacial score (nSPS) is 17.2. The van der Waals surface area contributed by atoms with Crippen LogP contribution in [-0.4, -0.2) is 24.5 Å². The molecule has 1 aliphatic heterocycles. The monoisotopic (exact) mass is 411 g/mol. The molecule has 4 heteroatoms. The SMILES string of the molecule is C=C1NCCC1C.C=CC(C)NC(=C)[C@H](CC(C)C)NC(=O)CCc1ccccc1. The molecule has 0 aliphatic carbocycles. The predicted molar refractivity (Wildman–Crippen MR) is 129 cm³/mol. The first-order chi connectivity index (χ1) is 14.2. The lowest BCUT2D eigenvalue weighted by Crippen LogP contribution is -2.42. The molecule has 3 atom stereocenters. The van der Waals surface area contributed by atoms with Crippen LogP contribution in [-0.2, 0) is 11.2 Å².